The summed E-state index contributed by atoms with van der Waals surface area (Å²) >= 11 is 0. The van der Waals surface area contributed by atoms with Crippen LogP contribution in [0.4, 0.5) is 0 Å². The van der Waals surface area contributed by atoms with Crippen molar-refractivity contribution in [2.45, 2.75) is 46.6 Å². The van der Waals surface area contributed by atoms with Crippen molar-refractivity contribution in [3.8, 4) is 0 Å². The Morgan fingerprint density at radius 3 is 2.27 bits per heavy atom. The summed E-state index contributed by atoms with van der Waals surface area (Å²) in [7, 11) is 0. The molecule has 0 aliphatic carbocycles. The molecule has 3 N–H and O–H groups in total. The van der Waals surface area contributed by atoms with Crippen molar-refractivity contribution in [2.75, 3.05) is 19.6 Å². The van der Waals surface area contributed by atoms with Gasteiger partial charge in [0.15, 0.2) is 5.96 Å². The molecule has 1 atom stereocenters. The zero-order valence-electron chi connectivity index (χ0n) is 14.6. The van der Waals surface area contributed by atoms with Gasteiger partial charge in [0.2, 0.25) is 0 Å². The zero-order valence-corrected chi connectivity index (χ0v) is 14.6. The first-order valence-corrected chi connectivity index (χ1v) is 8.05. The fourth-order valence-corrected chi connectivity index (χ4v) is 2.02. The molecule has 0 aromatic heterocycles. The Morgan fingerprint density at radius 2 is 1.73 bits per heavy atom. The van der Waals surface area contributed by atoms with E-state index in [9.17, 15) is 5.11 Å². The highest BCUT2D eigenvalue weighted by atomic mass is 16.3. The summed E-state index contributed by atoms with van der Waals surface area (Å²) < 4.78 is 0. The van der Waals surface area contributed by atoms with Gasteiger partial charge in [-0.2, -0.15) is 0 Å². The van der Waals surface area contributed by atoms with Crippen molar-refractivity contribution < 1.29 is 5.11 Å². The maximum absolute atomic E-state index is 10.6. The van der Waals surface area contributed by atoms with Crippen molar-refractivity contribution >= 4 is 5.96 Å². The lowest BCUT2D eigenvalue weighted by Crippen LogP contribution is -2.40. The molecule has 0 radical (unpaired) electrons. The fraction of sp³-hybridized carbons (Fsp3) is 0.611. The molecule has 1 aromatic rings. The van der Waals surface area contributed by atoms with Crippen LogP contribution in [0.15, 0.2) is 35.3 Å². The van der Waals surface area contributed by atoms with Gasteiger partial charge in [0.1, 0.15) is 5.60 Å². The van der Waals surface area contributed by atoms with E-state index in [1.54, 1.807) is 6.92 Å². The standard InChI is InChI=1S/C18H31N3O/c1-6-19-16(20-13-12-17(2,3)4)21-14-18(5,22)15-10-8-7-9-11-15/h7-11,22H,6,12-14H2,1-5H3,(H2,19,20,21). The first-order valence-electron chi connectivity index (χ1n) is 8.05. The Hall–Kier alpha value is -1.55. The van der Waals surface area contributed by atoms with E-state index in [4.69, 9.17) is 0 Å². The molecule has 1 rings (SSSR count). The van der Waals surface area contributed by atoms with E-state index in [0.717, 1.165) is 31.0 Å². The summed E-state index contributed by atoms with van der Waals surface area (Å²) in [4.78, 5) is 4.53. The lowest BCUT2D eigenvalue weighted by molar-refractivity contribution is 0.0672. The molecule has 124 valence electrons. The number of nitrogens with one attached hydrogen (secondary N) is 2. The summed E-state index contributed by atoms with van der Waals surface area (Å²) in [6.07, 6.45) is 1.06. The number of nitrogens with zero attached hydrogens (tertiary/aromatic N) is 1. The number of hydrogen-bond donors (Lipinski definition) is 3. The van der Waals surface area contributed by atoms with Crippen LogP contribution in [0.3, 0.4) is 0 Å². The largest absolute Gasteiger partial charge is 0.384 e. The molecule has 0 heterocycles. The number of aliphatic imine (C=N–C) groups is 1. The van der Waals surface area contributed by atoms with E-state index >= 15 is 0 Å². The molecule has 0 saturated heterocycles. The van der Waals surface area contributed by atoms with Crippen LogP contribution >= 0.6 is 0 Å². The normalized spacial score (nSPS) is 15.3. The lowest BCUT2D eigenvalue weighted by Gasteiger charge is -2.23. The maximum atomic E-state index is 10.6. The molecular weight excluding hydrogens is 274 g/mol. The van der Waals surface area contributed by atoms with Crippen LogP contribution in [0.2, 0.25) is 0 Å². The molecular formula is C18H31N3O. The molecule has 0 fully saturated rings. The molecule has 0 aliphatic rings. The van der Waals surface area contributed by atoms with Gasteiger partial charge in [-0.15, -0.1) is 0 Å². The van der Waals surface area contributed by atoms with Gasteiger partial charge < -0.3 is 15.7 Å². The number of hydrogen-bond acceptors (Lipinski definition) is 2. The zero-order chi connectivity index (χ0) is 16.6. The third-order valence-corrected chi connectivity index (χ3v) is 3.45. The molecule has 1 aromatic carbocycles. The molecule has 22 heavy (non-hydrogen) atoms. The van der Waals surface area contributed by atoms with E-state index in [1.165, 1.54) is 0 Å². The van der Waals surface area contributed by atoms with Crippen molar-refractivity contribution in [3.63, 3.8) is 0 Å². The van der Waals surface area contributed by atoms with Gasteiger partial charge in [0, 0.05) is 13.1 Å². The molecule has 0 bridgehead atoms. The quantitative estimate of drug-likeness (QED) is 0.559. The van der Waals surface area contributed by atoms with E-state index in [-0.39, 0.29) is 0 Å². The smallest absolute Gasteiger partial charge is 0.191 e. The number of aliphatic hydroxyl groups is 1. The Labute approximate surface area is 135 Å². The van der Waals surface area contributed by atoms with Gasteiger partial charge in [-0.3, -0.25) is 0 Å². The average Bonchev–Trinajstić information content (AvgIpc) is 2.44. The monoisotopic (exact) mass is 305 g/mol. The van der Waals surface area contributed by atoms with Crippen LogP contribution < -0.4 is 10.6 Å². The van der Waals surface area contributed by atoms with E-state index < -0.39 is 5.60 Å². The summed E-state index contributed by atoms with van der Waals surface area (Å²) in [6, 6.07) is 9.66. The average molecular weight is 305 g/mol. The van der Waals surface area contributed by atoms with Gasteiger partial charge in [0.25, 0.3) is 0 Å². The second-order valence-corrected chi connectivity index (χ2v) is 7.07. The van der Waals surface area contributed by atoms with Gasteiger partial charge in [-0.1, -0.05) is 51.1 Å². The first kappa shape index (κ1) is 18.5. The van der Waals surface area contributed by atoms with Crippen LogP contribution in [-0.4, -0.2) is 30.7 Å². The molecule has 4 nitrogen and oxygen atoms in total. The van der Waals surface area contributed by atoms with Gasteiger partial charge in [-0.05, 0) is 31.2 Å². The van der Waals surface area contributed by atoms with Crippen LogP contribution in [0.25, 0.3) is 0 Å². The summed E-state index contributed by atoms with van der Waals surface area (Å²) in [5.41, 5.74) is 0.206. The van der Waals surface area contributed by atoms with Crippen molar-refractivity contribution in [3.05, 3.63) is 35.9 Å². The van der Waals surface area contributed by atoms with Crippen LogP contribution in [0.1, 0.15) is 46.6 Å². The van der Waals surface area contributed by atoms with Gasteiger partial charge in [0.05, 0.1) is 6.54 Å². The summed E-state index contributed by atoms with van der Waals surface area (Å²) in [5.74, 6) is 0.753. The first-order chi connectivity index (χ1) is 10.2. The highest BCUT2D eigenvalue weighted by Crippen LogP contribution is 2.20. The van der Waals surface area contributed by atoms with E-state index in [1.807, 2.05) is 37.3 Å². The second-order valence-electron chi connectivity index (χ2n) is 7.07. The number of rotatable bonds is 6. The number of benzene rings is 1. The lowest BCUT2D eigenvalue weighted by atomic mass is 9.92. The van der Waals surface area contributed by atoms with Crippen LogP contribution in [0, 0.1) is 5.41 Å². The second kappa shape index (κ2) is 8.18. The van der Waals surface area contributed by atoms with Crippen LogP contribution in [0.5, 0.6) is 0 Å². The summed E-state index contributed by atoms with van der Waals surface area (Å²) in [5, 5.41) is 17.1. The molecule has 4 heteroatoms. The molecule has 0 amide bonds. The van der Waals surface area contributed by atoms with Crippen molar-refractivity contribution in [1.82, 2.24) is 10.6 Å². The third kappa shape index (κ3) is 6.94. The van der Waals surface area contributed by atoms with Gasteiger partial charge in [-0.25, -0.2) is 4.99 Å². The van der Waals surface area contributed by atoms with Crippen molar-refractivity contribution in [1.29, 1.82) is 0 Å². The number of guanidine groups is 1. The molecule has 0 spiro atoms. The van der Waals surface area contributed by atoms with Crippen molar-refractivity contribution in [2.24, 2.45) is 10.4 Å². The Kier molecular flexibility index (Phi) is 6.88. The minimum absolute atomic E-state index is 0.292. The highest BCUT2D eigenvalue weighted by molar-refractivity contribution is 5.79. The topological polar surface area (TPSA) is 56.7 Å². The molecule has 0 saturated carbocycles. The van der Waals surface area contributed by atoms with Gasteiger partial charge >= 0.3 is 0 Å². The minimum atomic E-state index is -0.965. The fourth-order valence-electron chi connectivity index (χ4n) is 2.02. The Morgan fingerprint density at radius 1 is 1.09 bits per heavy atom. The molecule has 0 aliphatic heterocycles. The SMILES string of the molecule is CCNC(=NCC(C)(O)c1ccccc1)NCCC(C)(C)C. The summed E-state index contributed by atoms with van der Waals surface area (Å²) in [6.45, 7) is 12.5. The third-order valence-electron chi connectivity index (χ3n) is 3.45. The minimum Gasteiger partial charge on any atom is -0.384 e. The van der Waals surface area contributed by atoms with E-state index in [2.05, 4.69) is 36.4 Å². The maximum Gasteiger partial charge on any atom is 0.191 e. The Bertz CT molecular complexity index is 461. The van der Waals surface area contributed by atoms with E-state index in [0.29, 0.717) is 12.0 Å². The Balaban J connectivity index is 2.65. The molecule has 1 unspecified atom stereocenters. The highest BCUT2D eigenvalue weighted by Gasteiger charge is 2.22. The van der Waals surface area contributed by atoms with Crippen LogP contribution in [-0.2, 0) is 5.60 Å². The predicted octanol–water partition coefficient (Wildman–Crippen LogP) is 2.89. The predicted molar refractivity (Wildman–Crippen MR) is 94.1 cm³/mol.